The SMILES string of the molecule is Cn1nc(C(=O)O)cc1-c1cc(Cl)cc2c1OC(C)(C)C2. The van der Waals surface area contributed by atoms with E-state index in [0.29, 0.717) is 10.7 Å². The van der Waals surface area contributed by atoms with Crippen LogP contribution in [0.3, 0.4) is 0 Å². The van der Waals surface area contributed by atoms with Crippen LogP contribution in [0.5, 0.6) is 5.75 Å². The predicted octanol–water partition coefficient (Wildman–Crippen LogP) is 3.15. The van der Waals surface area contributed by atoms with E-state index in [1.165, 1.54) is 10.7 Å². The number of carbonyl (C=O) groups is 1. The molecule has 1 aromatic heterocycles. The number of nitrogens with zero attached hydrogens (tertiary/aromatic N) is 2. The number of halogens is 1. The highest BCUT2D eigenvalue weighted by molar-refractivity contribution is 6.31. The van der Waals surface area contributed by atoms with Gasteiger partial charge in [-0.2, -0.15) is 5.10 Å². The molecular formula is C15H15ClN2O3. The molecule has 0 bridgehead atoms. The van der Waals surface area contributed by atoms with Gasteiger partial charge in [-0.15, -0.1) is 0 Å². The van der Waals surface area contributed by atoms with Crippen molar-refractivity contribution in [1.82, 2.24) is 9.78 Å². The van der Waals surface area contributed by atoms with Crippen molar-refractivity contribution in [2.75, 3.05) is 0 Å². The van der Waals surface area contributed by atoms with E-state index in [4.69, 9.17) is 21.4 Å². The smallest absolute Gasteiger partial charge is 0.356 e. The van der Waals surface area contributed by atoms with E-state index in [1.54, 1.807) is 13.1 Å². The Balaban J connectivity index is 2.19. The molecule has 1 N–H and O–H groups in total. The molecule has 0 unspecified atom stereocenters. The number of hydrogen-bond acceptors (Lipinski definition) is 3. The van der Waals surface area contributed by atoms with Crippen LogP contribution in [0.25, 0.3) is 11.3 Å². The van der Waals surface area contributed by atoms with Crippen LogP contribution in [0, 0.1) is 0 Å². The van der Waals surface area contributed by atoms with Crippen LogP contribution in [0.15, 0.2) is 18.2 Å². The Morgan fingerprint density at radius 1 is 1.43 bits per heavy atom. The fourth-order valence-electron chi connectivity index (χ4n) is 2.69. The molecule has 2 heterocycles. The van der Waals surface area contributed by atoms with Gasteiger partial charge in [0.15, 0.2) is 5.69 Å². The lowest BCUT2D eigenvalue weighted by Crippen LogP contribution is -2.24. The summed E-state index contributed by atoms with van der Waals surface area (Å²) in [5.74, 6) is -0.305. The van der Waals surface area contributed by atoms with Crippen LogP contribution >= 0.6 is 11.6 Å². The number of aromatic nitrogens is 2. The number of aryl methyl sites for hydroxylation is 1. The Hall–Kier alpha value is -2.01. The minimum absolute atomic E-state index is 0.00140. The maximum atomic E-state index is 11.1. The minimum atomic E-state index is -1.06. The Morgan fingerprint density at radius 2 is 2.14 bits per heavy atom. The quantitative estimate of drug-likeness (QED) is 0.925. The van der Waals surface area contributed by atoms with Gasteiger partial charge in [0.25, 0.3) is 0 Å². The molecule has 0 atom stereocenters. The lowest BCUT2D eigenvalue weighted by Gasteiger charge is -2.18. The molecule has 0 fully saturated rings. The van der Waals surface area contributed by atoms with Crippen molar-refractivity contribution in [1.29, 1.82) is 0 Å². The molecule has 0 aliphatic carbocycles. The maximum absolute atomic E-state index is 11.1. The highest BCUT2D eigenvalue weighted by atomic mass is 35.5. The topological polar surface area (TPSA) is 64.4 Å². The van der Waals surface area contributed by atoms with E-state index in [9.17, 15) is 4.79 Å². The maximum Gasteiger partial charge on any atom is 0.356 e. The predicted molar refractivity (Wildman–Crippen MR) is 79.0 cm³/mol. The first-order valence-electron chi connectivity index (χ1n) is 6.56. The molecule has 21 heavy (non-hydrogen) atoms. The van der Waals surface area contributed by atoms with Crippen LogP contribution in [-0.4, -0.2) is 26.5 Å². The number of fused-ring (bicyclic) bond motifs is 1. The molecule has 1 aliphatic rings. The molecule has 0 amide bonds. The van der Waals surface area contributed by atoms with Crippen LogP contribution in [0.1, 0.15) is 29.9 Å². The van der Waals surface area contributed by atoms with Crippen molar-refractivity contribution < 1.29 is 14.6 Å². The number of rotatable bonds is 2. The van der Waals surface area contributed by atoms with Gasteiger partial charge in [0.2, 0.25) is 0 Å². The standard InChI is InChI=1S/C15H15ClN2O3/c1-15(2)7-8-4-9(16)5-10(13(8)21-15)12-6-11(14(19)20)17-18(12)3/h4-6H,7H2,1-3H3,(H,19,20). The molecule has 2 aromatic rings. The lowest BCUT2D eigenvalue weighted by atomic mass is 9.99. The summed E-state index contributed by atoms with van der Waals surface area (Å²) in [7, 11) is 1.70. The van der Waals surface area contributed by atoms with Crippen molar-refractivity contribution in [3.05, 3.63) is 34.5 Å². The van der Waals surface area contributed by atoms with Gasteiger partial charge in [0, 0.05) is 29.6 Å². The summed E-state index contributed by atoms with van der Waals surface area (Å²) in [6.45, 7) is 4.02. The van der Waals surface area contributed by atoms with Crippen LogP contribution in [-0.2, 0) is 13.5 Å². The van der Waals surface area contributed by atoms with E-state index in [0.717, 1.165) is 23.3 Å². The normalized spacial score (nSPS) is 15.6. The van der Waals surface area contributed by atoms with Gasteiger partial charge in [-0.25, -0.2) is 4.79 Å². The zero-order chi connectivity index (χ0) is 15.4. The van der Waals surface area contributed by atoms with Crippen molar-refractivity contribution in [3.63, 3.8) is 0 Å². The molecule has 0 spiro atoms. The summed E-state index contributed by atoms with van der Waals surface area (Å²) < 4.78 is 7.54. The van der Waals surface area contributed by atoms with E-state index < -0.39 is 5.97 Å². The largest absolute Gasteiger partial charge is 0.487 e. The summed E-state index contributed by atoms with van der Waals surface area (Å²) in [4.78, 5) is 11.1. The summed E-state index contributed by atoms with van der Waals surface area (Å²) in [6, 6.07) is 5.21. The van der Waals surface area contributed by atoms with Gasteiger partial charge in [-0.1, -0.05) is 11.6 Å². The van der Waals surface area contributed by atoms with Gasteiger partial charge < -0.3 is 9.84 Å². The number of hydrogen-bond donors (Lipinski definition) is 1. The molecule has 0 radical (unpaired) electrons. The van der Waals surface area contributed by atoms with E-state index in [-0.39, 0.29) is 11.3 Å². The van der Waals surface area contributed by atoms with Crippen LogP contribution < -0.4 is 4.74 Å². The zero-order valence-electron chi connectivity index (χ0n) is 12.0. The van der Waals surface area contributed by atoms with Crippen molar-refractivity contribution in [2.24, 2.45) is 7.05 Å². The molecule has 1 aliphatic heterocycles. The molecular weight excluding hydrogens is 292 g/mol. The molecule has 0 saturated heterocycles. The Kier molecular flexibility index (Phi) is 2.99. The van der Waals surface area contributed by atoms with Gasteiger partial charge in [0.1, 0.15) is 11.4 Å². The van der Waals surface area contributed by atoms with E-state index >= 15 is 0 Å². The van der Waals surface area contributed by atoms with Crippen molar-refractivity contribution in [2.45, 2.75) is 25.9 Å². The van der Waals surface area contributed by atoms with Gasteiger partial charge in [-0.3, -0.25) is 4.68 Å². The summed E-state index contributed by atoms with van der Waals surface area (Å²) in [5, 5.41) is 13.7. The Morgan fingerprint density at radius 3 is 2.76 bits per heavy atom. The summed E-state index contributed by atoms with van der Waals surface area (Å²) in [6.07, 6.45) is 0.763. The third-order valence-corrected chi connectivity index (χ3v) is 3.72. The molecule has 0 saturated carbocycles. The number of carboxylic acids is 1. The first-order valence-corrected chi connectivity index (χ1v) is 6.94. The average Bonchev–Trinajstić information content (AvgIpc) is 2.87. The highest BCUT2D eigenvalue weighted by Crippen LogP contribution is 2.44. The molecule has 110 valence electrons. The lowest BCUT2D eigenvalue weighted by molar-refractivity contribution is 0.0689. The van der Waals surface area contributed by atoms with Gasteiger partial charge in [0.05, 0.1) is 5.69 Å². The first kappa shape index (κ1) is 13.9. The first-order chi connectivity index (χ1) is 9.77. The fourth-order valence-corrected chi connectivity index (χ4v) is 2.93. The second kappa shape index (κ2) is 4.49. The highest BCUT2D eigenvalue weighted by Gasteiger charge is 2.33. The van der Waals surface area contributed by atoms with Crippen molar-refractivity contribution >= 4 is 17.6 Å². The monoisotopic (exact) mass is 306 g/mol. The Bertz CT molecular complexity index is 750. The van der Waals surface area contributed by atoms with Crippen LogP contribution in [0.4, 0.5) is 0 Å². The Labute approximate surface area is 127 Å². The number of ether oxygens (including phenoxy) is 1. The molecule has 1 aromatic carbocycles. The average molecular weight is 307 g/mol. The third-order valence-electron chi connectivity index (χ3n) is 3.50. The second-order valence-electron chi connectivity index (χ2n) is 5.82. The van der Waals surface area contributed by atoms with Gasteiger partial charge in [-0.05, 0) is 32.0 Å². The number of benzene rings is 1. The molecule has 6 heteroatoms. The van der Waals surface area contributed by atoms with Crippen LogP contribution in [0.2, 0.25) is 5.02 Å². The third kappa shape index (κ3) is 2.38. The zero-order valence-corrected chi connectivity index (χ0v) is 12.7. The summed E-state index contributed by atoms with van der Waals surface area (Å²) in [5.41, 5.74) is 2.17. The van der Waals surface area contributed by atoms with E-state index in [1.807, 2.05) is 19.9 Å². The fraction of sp³-hybridized carbons (Fsp3) is 0.333. The number of carboxylic acid groups (broad SMARTS) is 1. The second-order valence-corrected chi connectivity index (χ2v) is 6.26. The number of aromatic carboxylic acids is 1. The molecule has 3 rings (SSSR count). The van der Waals surface area contributed by atoms with E-state index in [2.05, 4.69) is 5.10 Å². The summed E-state index contributed by atoms with van der Waals surface area (Å²) >= 11 is 6.19. The molecule has 5 nitrogen and oxygen atoms in total. The minimum Gasteiger partial charge on any atom is -0.487 e. The van der Waals surface area contributed by atoms with Crippen molar-refractivity contribution in [3.8, 4) is 17.0 Å². The van der Waals surface area contributed by atoms with Gasteiger partial charge >= 0.3 is 5.97 Å².